The average molecular weight is 325 g/mol. The first-order valence-corrected chi connectivity index (χ1v) is 7.17. The fraction of sp³-hybridized carbons (Fsp3) is 0.429. The van der Waals surface area contributed by atoms with Crippen molar-refractivity contribution in [1.82, 2.24) is 10.2 Å². The lowest BCUT2D eigenvalue weighted by molar-refractivity contribution is -0.125. The molecule has 1 aliphatic rings. The fourth-order valence-corrected chi connectivity index (χ4v) is 2.78. The van der Waals surface area contributed by atoms with Crippen molar-refractivity contribution >= 4 is 27.7 Å². The maximum atomic E-state index is 12.4. The van der Waals surface area contributed by atoms with Gasteiger partial charge < -0.3 is 10.2 Å². The molecule has 1 aromatic carbocycles. The number of nitrogens with zero attached hydrogens (tertiary/aromatic N) is 1. The normalized spacial score (nSPS) is 19.1. The summed E-state index contributed by atoms with van der Waals surface area (Å²) in [6.07, 6.45) is 1.72. The summed E-state index contributed by atoms with van der Waals surface area (Å²) in [4.78, 5) is 25.8. The van der Waals surface area contributed by atoms with Crippen molar-refractivity contribution in [2.24, 2.45) is 5.92 Å². The Bertz CT molecular complexity index is 490. The molecule has 1 fully saturated rings. The Morgan fingerprint density at radius 3 is 2.89 bits per heavy atom. The van der Waals surface area contributed by atoms with Crippen LogP contribution in [0.1, 0.15) is 23.2 Å². The zero-order chi connectivity index (χ0) is 13.8. The zero-order valence-electron chi connectivity index (χ0n) is 10.9. The molecular formula is C14H17BrN2O2. The summed E-state index contributed by atoms with van der Waals surface area (Å²) in [6, 6.07) is 7.35. The van der Waals surface area contributed by atoms with Crippen LogP contribution in [-0.4, -0.2) is 36.9 Å². The molecule has 4 nitrogen and oxygen atoms in total. The molecule has 2 rings (SSSR count). The Labute approximate surface area is 121 Å². The predicted octanol–water partition coefficient (Wildman–Crippen LogP) is 2.05. The Hall–Kier alpha value is -1.36. The molecule has 1 atom stereocenters. The second-order valence-corrected chi connectivity index (χ2v) is 5.63. The summed E-state index contributed by atoms with van der Waals surface area (Å²) in [6.45, 7) is 1.23. The first-order valence-electron chi connectivity index (χ1n) is 6.38. The molecule has 1 unspecified atom stereocenters. The van der Waals surface area contributed by atoms with E-state index in [1.54, 1.807) is 18.0 Å². The number of hydrogen-bond donors (Lipinski definition) is 1. The van der Waals surface area contributed by atoms with Crippen LogP contribution < -0.4 is 5.32 Å². The van der Waals surface area contributed by atoms with Crippen LogP contribution in [0.15, 0.2) is 28.7 Å². The van der Waals surface area contributed by atoms with Crippen LogP contribution in [0.5, 0.6) is 0 Å². The number of hydrogen-bond acceptors (Lipinski definition) is 2. The summed E-state index contributed by atoms with van der Waals surface area (Å²) in [5.41, 5.74) is 0.659. The van der Waals surface area contributed by atoms with Crippen LogP contribution in [-0.2, 0) is 4.79 Å². The van der Waals surface area contributed by atoms with Crippen LogP contribution >= 0.6 is 15.9 Å². The lowest BCUT2D eigenvalue weighted by Crippen LogP contribution is -2.44. The number of nitrogens with one attached hydrogen (secondary N) is 1. The van der Waals surface area contributed by atoms with Crippen LogP contribution in [0, 0.1) is 5.92 Å². The monoisotopic (exact) mass is 324 g/mol. The van der Waals surface area contributed by atoms with Gasteiger partial charge in [-0.15, -0.1) is 0 Å². The molecule has 1 aromatic rings. The molecule has 0 bridgehead atoms. The summed E-state index contributed by atoms with van der Waals surface area (Å²) in [7, 11) is 1.64. The van der Waals surface area contributed by atoms with Gasteiger partial charge in [-0.25, -0.2) is 0 Å². The maximum absolute atomic E-state index is 12.4. The van der Waals surface area contributed by atoms with Gasteiger partial charge in [-0.3, -0.25) is 9.59 Å². The van der Waals surface area contributed by atoms with E-state index in [0.29, 0.717) is 12.1 Å². The standard InChI is InChI=1S/C14H17BrN2O2/c1-16-13(18)11-5-3-7-17(9-11)14(19)10-4-2-6-12(15)8-10/h2,4,6,8,11H,3,5,7,9H2,1H3,(H,16,18). The molecule has 5 heteroatoms. The van der Waals surface area contributed by atoms with Gasteiger partial charge >= 0.3 is 0 Å². The van der Waals surface area contributed by atoms with E-state index >= 15 is 0 Å². The Morgan fingerprint density at radius 2 is 2.21 bits per heavy atom. The molecule has 0 aliphatic carbocycles. The third kappa shape index (κ3) is 3.35. The Kier molecular flexibility index (Phi) is 4.58. The highest BCUT2D eigenvalue weighted by Gasteiger charge is 2.28. The zero-order valence-corrected chi connectivity index (χ0v) is 12.4. The molecule has 0 aromatic heterocycles. The van der Waals surface area contributed by atoms with E-state index in [0.717, 1.165) is 23.9 Å². The van der Waals surface area contributed by atoms with Crippen molar-refractivity contribution in [1.29, 1.82) is 0 Å². The molecular weight excluding hydrogens is 308 g/mol. The van der Waals surface area contributed by atoms with Crippen LogP contribution in [0.4, 0.5) is 0 Å². The maximum Gasteiger partial charge on any atom is 0.253 e. The largest absolute Gasteiger partial charge is 0.359 e. The third-order valence-electron chi connectivity index (χ3n) is 3.40. The van der Waals surface area contributed by atoms with Crippen molar-refractivity contribution in [2.45, 2.75) is 12.8 Å². The van der Waals surface area contributed by atoms with Crippen molar-refractivity contribution in [3.05, 3.63) is 34.3 Å². The van der Waals surface area contributed by atoms with Crippen molar-refractivity contribution in [2.75, 3.05) is 20.1 Å². The van der Waals surface area contributed by atoms with Gasteiger partial charge in [0.25, 0.3) is 5.91 Å². The van der Waals surface area contributed by atoms with E-state index in [-0.39, 0.29) is 17.7 Å². The smallest absolute Gasteiger partial charge is 0.253 e. The highest BCUT2D eigenvalue weighted by atomic mass is 79.9. The average Bonchev–Trinajstić information content (AvgIpc) is 2.45. The molecule has 0 spiro atoms. The van der Waals surface area contributed by atoms with Gasteiger partial charge in [0.2, 0.25) is 5.91 Å². The minimum Gasteiger partial charge on any atom is -0.359 e. The van der Waals surface area contributed by atoms with Gasteiger partial charge in [0, 0.05) is 30.2 Å². The summed E-state index contributed by atoms with van der Waals surface area (Å²) in [5, 5.41) is 2.66. The van der Waals surface area contributed by atoms with Crippen molar-refractivity contribution in [3.63, 3.8) is 0 Å². The number of amides is 2. The molecule has 1 saturated heterocycles. The highest BCUT2D eigenvalue weighted by Crippen LogP contribution is 2.20. The SMILES string of the molecule is CNC(=O)C1CCCN(C(=O)c2cccc(Br)c2)C1. The molecule has 1 heterocycles. The van der Waals surface area contributed by atoms with E-state index in [2.05, 4.69) is 21.2 Å². The molecule has 19 heavy (non-hydrogen) atoms. The quantitative estimate of drug-likeness (QED) is 0.905. The molecule has 2 amide bonds. The summed E-state index contributed by atoms with van der Waals surface area (Å²) < 4.78 is 0.887. The van der Waals surface area contributed by atoms with E-state index < -0.39 is 0 Å². The summed E-state index contributed by atoms with van der Waals surface area (Å²) >= 11 is 3.37. The third-order valence-corrected chi connectivity index (χ3v) is 3.89. The Morgan fingerprint density at radius 1 is 1.42 bits per heavy atom. The number of carbonyl (C=O) groups is 2. The predicted molar refractivity (Wildman–Crippen MR) is 76.8 cm³/mol. The van der Waals surface area contributed by atoms with E-state index in [1.165, 1.54) is 0 Å². The van der Waals surface area contributed by atoms with E-state index in [4.69, 9.17) is 0 Å². The first kappa shape index (κ1) is 14.1. The molecule has 1 N–H and O–H groups in total. The van der Waals surface area contributed by atoms with Crippen LogP contribution in [0.25, 0.3) is 0 Å². The fourth-order valence-electron chi connectivity index (χ4n) is 2.38. The molecule has 102 valence electrons. The topological polar surface area (TPSA) is 49.4 Å². The number of likely N-dealkylation sites (tertiary alicyclic amines) is 1. The van der Waals surface area contributed by atoms with E-state index in [9.17, 15) is 9.59 Å². The first-order chi connectivity index (χ1) is 9.11. The number of rotatable bonds is 2. The molecule has 1 aliphatic heterocycles. The van der Waals surface area contributed by atoms with Gasteiger partial charge in [0.05, 0.1) is 5.92 Å². The lowest BCUT2D eigenvalue weighted by Gasteiger charge is -2.31. The van der Waals surface area contributed by atoms with Gasteiger partial charge in [-0.05, 0) is 31.0 Å². The number of carbonyl (C=O) groups excluding carboxylic acids is 2. The highest BCUT2D eigenvalue weighted by molar-refractivity contribution is 9.10. The van der Waals surface area contributed by atoms with Gasteiger partial charge in [-0.2, -0.15) is 0 Å². The number of benzene rings is 1. The van der Waals surface area contributed by atoms with E-state index in [1.807, 2.05) is 18.2 Å². The second-order valence-electron chi connectivity index (χ2n) is 4.71. The lowest BCUT2D eigenvalue weighted by atomic mass is 9.96. The number of halogens is 1. The Balaban J connectivity index is 2.09. The van der Waals surface area contributed by atoms with Gasteiger partial charge in [0.1, 0.15) is 0 Å². The van der Waals surface area contributed by atoms with Crippen molar-refractivity contribution < 1.29 is 9.59 Å². The minimum atomic E-state index is -0.0881. The summed E-state index contributed by atoms with van der Waals surface area (Å²) in [5.74, 6) is -0.0727. The number of piperidine rings is 1. The molecule has 0 radical (unpaired) electrons. The van der Waals surface area contributed by atoms with Crippen molar-refractivity contribution in [3.8, 4) is 0 Å². The van der Waals surface area contributed by atoms with Crippen LogP contribution in [0.3, 0.4) is 0 Å². The minimum absolute atomic E-state index is 0.00472. The van der Waals surface area contributed by atoms with Gasteiger partial charge in [-0.1, -0.05) is 22.0 Å². The van der Waals surface area contributed by atoms with Crippen LogP contribution in [0.2, 0.25) is 0 Å². The second kappa shape index (κ2) is 6.19. The van der Waals surface area contributed by atoms with Gasteiger partial charge in [0.15, 0.2) is 0 Å². The molecule has 0 saturated carbocycles.